The summed E-state index contributed by atoms with van der Waals surface area (Å²) in [5.74, 6) is 0.685. The molecule has 5 nitrogen and oxygen atoms in total. The van der Waals surface area contributed by atoms with Crippen molar-refractivity contribution in [2.24, 2.45) is 0 Å². The first-order valence-corrected chi connectivity index (χ1v) is 6.76. The Morgan fingerprint density at radius 2 is 2.20 bits per heavy atom. The molecule has 0 atom stereocenters. The molecule has 0 saturated heterocycles. The second-order valence-electron chi connectivity index (χ2n) is 4.61. The fourth-order valence-electron chi connectivity index (χ4n) is 2.13. The first kappa shape index (κ1) is 12.9. The van der Waals surface area contributed by atoms with Gasteiger partial charge in [0.05, 0.1) is 6.33 Å². The van der Waals surface area contributed by atoms with Gasteiger partial charge < -0.3 is 10.3 Å². The number of nitrogens with one attached hydrogen (secondary N) is 2. The number of nitrogens with zero attached hydrogens (tertiary/aromatic N) is 3. The van der Waals surface area contributed by atoms with E-state index < -0.39 is 0 Å². The number of aromatic nitrogens is 4. The van der Waals surface area contributed by atoms with Crippen molar-refractivity contribution >= 4 is 28.6 Å². The summed E-state index contributed by atoms with van der Waals surface area (Å²) >= 11 is 5.88. The number of fused-ring (bicyclic) bond motifs is 1. The summed E-state index contributed by atoms with van der Waals surface area (Å²) in [5, 5.41) is 3.47. The molecular weight excluding hydrogens is 274 g/mol. The Balaban J connectivity index is 1.72. The predicted octanol–water partition coefficient (Wildman–Crippen LogP) is 2.97. The van der Waals surface area contributed by atoms with Crippen LogP contribution in [0.1, 0.15) is 11.1 Å². The third-order valence-corrected chi connectivity index (χ3v) is 3.22. The molecule has 0 amide bonds. The number of H-pyrrole nitrogens is 1. The van der Waals surface area contributed by atoms with Crippen molar-refractivity contribution in [1.82, 2.24) is 19.9 Å². The van der Waals surface area contributed by atoms with Gasteiger partial charge in [-0.2, -0.15) is 9.97 Å². The first-order chi connectivity index (χ1) is 9.72. The molecule has 0 saturated carbocycles. The quantitative estimate of drug-likeness (QED) is 0.724. The Morgan fingerprint density at radius 3 is 3.05 bits per heavy atom. The smallest absolute Gasteiger partial charge is 0.226 e. The zero-order valence-corrected chi connectivity index (χ0v) is 11.8. The number of imidazole rings is 1. The van der Waals surface area contributed by atoms with Crippen molar-refractivity contribution in [3.63, 3.8) is 0 Å². The number of benzene rings is 1. The van der Waals surface area contributed by atoms with Crippen LogP contribution in [0.15, 0.2) is 30.6 Å². The molecule has 0 fully saturated rings. The number of halogens is 1. The second-order valence-corrected chi connectivity index (χ2v) is 4.95. The zero-order chi connectivity index (χ0) is 13.9. The molecule has 1 aromatic carbocycles. The fraction of sp³-hybridized carbons (Fsp3) is 0.214. The molecule has 0 aliphatic carbocycles. The van der Waals surface area contributed by atoms with Gasteiger partial charge in [0.25, 0.3) is 0 Å². The number of hydrogen-bond donors (Lipinski definition) is 2. The van der Waals surface area contributed by atoms with E-state index in [9.17, 15) is 0 Å². The molecule has 0 bridgehead atoms. The van der Waals surface area contributed by atoms with E-state index in [-0.39, 0.29) is 5.28 Å². The minimum Gasteiger partial charge on any atom is -0.368 e. The lowest BCUT2D eigenvalue weighted by Crippen LogP contribution is -2.07. The zero-order valence-electron chi connectivity index (χ0n) is 11.0. The van der Waals surface area contributed by atoms with Gasteiger partial charge in [0.1, 0.15) is 5.52 Å². The van der Waals surface area contributed by atoms with Crippen molar-refractivity contribution < 1.29 is 0 Å². The van der Waals surface area contributed by atoms with Crippen molar-refractivity contribution in [3.8, 4) is 0 Å². The normalized spacial score (nSPS) is 10.9. The molecule has 3 aromatic rings. The third-order valence-electron chi connectivity index (χ3n) is 3.05. The van der Waals surface area contributed by atoms with E-state index in [2.05, 4.69) is 56.4 Å². The van der Waals surface area contributed by atoms with Crippen molar-refractivity contribution in [2.45, 2.75) is 13.3 Å². The van der Waals surface area contributed by atoms with Gasteiger partial charge in [-0.25, -0.2) is 4.98 Å². The Bertz CT molecular complexity index is 737. The minimum absolute atomic E-state index is 0.197. The van der Waals surface area contributed by atoms with Crippen LogP contribution in [0.5, 0.6) is 0 Å². The van der Waals surface area contributed by atoms with Crippen molar-refractivity contribution in [3.05, 3.63) is 47.0 Å². The van der Waals surface area contributed by atoms with Crippen LogP contribution in [0.25, 0.3) is 11.2 Å². The Hall–Kier alpha value is -2.14. The van der Waals surface area contributed by atoms with Crippen LogP contribution < -0.4 is 5.32 Å². The van der Waals surface area contributed by atoms with E-state index in [4.69, 9.17) is 11.6 Å². The summed E-state index contributed by atoms with van der Waals surface area (Å²) in [6, 6.07) is 8.46. The Labute approximate surface area is 121 Å². The van der Waals surface area contributed by atoms with Gasteiger partial charge in [-0.1, -0.05) is 29.8 Å². The molecule has 0 unspecified atom stereocenters. The van der Waals surface area contributed by atoms with Crippen LogP contribution in [-0.2, 0) is 6.42 Å². The van der Waals surface area contributed by atoms with Crippen LogP contribution in [0.2, 0.25) is 5.28 Å². The molecule has 2 aromatic heterocycles. The molecule has 0 aliphatic rings. The standard InChI is InChI=1S/C14H14ClN5/c1-9-3-2-4-10(7-9)5-6-16-12-11-13(18-8-17-11)20-14(15)19-12/h2-4,7-8H,5-6H2,1H3,(H2,16,17,18,19,20). The maximum Gasteiger partial charge on any atom is 0.226 e. The molecule has 2 heterocycles. The molecular formula is C14H14ClN5. The number of hydrogen-bond acceptors (Lipinski definition) is 4. The number of aryl methyl sites for hydroxylation is 1. The molecule has 0 radical (unpaired) electrons. The molecule has 20 heavy (non-hydrogen) atoms. The summed E-state index contributed by atoms with van der Waals surface area (Å²) in [6.07, 6.45) is 2.50. The average molecular weight is 288 g/mol. The van der Waals surface area contributed by atoms with Gasteiger partial charge in [-0.05, 0) is 30.5 Å². The second kappa shape index (κ2) is 5.46. The number of anilines is 1. The monoisotopic (exact) mass is 287 g/mol. The van der Waals surface area contributed by atoms with Crippen LogP contribution in [0.3, 0.4) is 0 Å². The minimum atomic E-state index is 0.197. The maximum atomic E-state index is 5.88. The lowest BCUT2D eigenvalue weighted by atomic mass is 10.1. The molecule has 2 N–H and O–H groups in total. The van der Waals surface area contributed by atoms with Gasteiger partial charge >= 0.3 is 0 Å². The van der Waals surface area contributed by atoms with Crippen LogP contribution in [-0.4, -0.2) is 26.5 Å². The Morgan fingerprint density at radius 1 is 1.30 bits per heavy atom. The van der Waals surface area contributed by atoms with E-state index in [1.165, 1.54) is 11.1 Å². The molecule has 102 valence electrons. The predicted molar refractivity (Wildman–Crippen MR) is 80.1 cm³/mol. The van der Waals surface area contributed by atoms with Gasteiger partial charge in [-0.3, -0.25) is 0 Å². The lowest BCUT2D eigenvalue weighted by Gasteiger charge is -2.07. The van der Waals surface area contributed by atoms with Crippen LogP contribution in [0.4, 0.5) is 5.82 Å². The Kier molecular flexibility index (Phi) is 3.52. The van der Waals surface area contributed by atoms with E-state index in [1.807, 2.05) is 0 Å². The highest BCUT2D eigenvalue weighted by Crippen LogP contribution is 2.18. The van der Waals surface area contributed by atoms with Crippen LogP contribution >= 0.6 is 11.6 Å². The molecule has 6 heteroatoms. The number of rotatable bonds is 4. The third kappa shape index (κ3) is 2.72. The summed E-state index contributed by atoms with van der Waals surface area (Å²) in [6.45, 7) is 2.86. The highest BCUT2D eigenvalue weighted by molar-refractivity contribution is 6.28. The SMILES string of the molecule is Cc1cccc(CCNc2nc(Cl)nc3nc[nH]c23)c1. The summed E-state index contributed by atoms with van der Waals surface area (Å²) in [7, 11) is 0. The molecule has 3 rings (SSSR count). The van der Waals surface area contributed by atoms with Crippen molar-refractivity contribution in [1.29, 1.82) is 0 Å². The topological polar surface area (TPSA) is 66.5 Å². The highest BCUT2D eigenvalue weighted by Gasteiger charge is 2.08. The van der Waals surface area contributed by atoms with Gasteiger partial charge in [0.2, 0.25) is 5.28 Å². The first-order valence-electron chi connectivity index (χ1n) is 6.38. The van der Waals surface area contributed by atoms with Gasteiger partial charge in [0.15, 0.2) is 11.5 Å². The largest absolute Gasteiger partial charge is 0.368 e. The van der Waals surface area contributed by atoms with E-state index in [0.717, 1.165) is 18.5 Å². The summed E-state index contributed by atoms with van der Waals surface area (Å²) in [4.78, 5) is 15.3. The van der Waals surface area contributed by atoms with E-state index in [1.54, 1.807) is 6.33 Å². The lowest BCUT2D eigenvalue weighted by molar-refractivity contribution is 1.00. The summed E-state index contributed by atoms with van der Waals surface area (Å²) < 4.78 is 0. The summed E-state index contributed by atoms with van der Waals surface area (Å²) in [5.41, 5.74) is 3.91. The van der Waals surface area contributed by atoms with E-state index in [0.29, 0.717) is 11.5 Å². The average Bonchev–Trinajstić information content (AvgIpc) is 2.87. The van der Waals surface area contributed by atoms with E-state index >= 15 is 0 Å². The van der Waals surface area contributed by atoms with Crippen molar-refractivity contribution in [2.75, 3.05) is 11.9 Å². The van der Waals surface area contributed by atoms with Gasteiger partial charge in [-0.15, -0.1) is 0 Å². The maximum absolute atomic E-state index is 5.88. The van der Waals surface area contributed by atoms with Gasteiger partial charge in [0, 0.05) is 6.54 Å². The highest BCUT2D eigenvalue weighted by atomic mass is 35.5. The fourth-order valence-corrected chi connectivity index (χ4v) is 2.29. The number of aromatic amines is 1. The van der Waals surface area contributed by atoms with Crippen LogP contribution in [0, 0.1) is 6.92 Å². The molecule has 0 aliphatic heterocycles. The molecule has 0 spiro atoms.